The van der Waals surface area contributed by atoms with Crippen molar-refractivity contribution in [3.8, 4) is 0 Å². The molecule has 0 bridgehead atoms. The number of sulfonamides is 1. The molecule has 1 heterocycles. The van der Waals surface area contributed by atoms with E-state index in [0.29, 0.717) is 5.89 Å². The zero-order valence-electron chi connectivity index (χ0n) is 12.2. The van der Waals surface area contributed by atoms with E-state index in [4.69, 9.17) is 9.56 Å². The molecular weight excluding hydrogens is 290 g/mol. The Bertz CT molecular complexity index is 725. The molecule has 0 saturated heterocycles. The maximum absolute atomic E-state index is 11.4. The van der Waals surface area contributed by atoms with E-state index in [1.807, 2.05) is 26.8 Å². The summed E-state index contributed by atoms with van der Waals surface area (Å²) in [5.41, 5.74) is 0.830. The molecule has 7 heteroatoms. The number of rotatable bonds is 5. The second kappa shape index (κ2) is 5.97. The fourth-order valence-electron chi connectivity index (χ4n) is 2.08. The van der Waals surface area contributed by atoms with Gasteiger partial charge in [0.2, 0.25) is 15.9 Å². The van der Waals surface area contributed by atoms with Gasteiger partial charge in [0.1, 0.15) is 5.76 Å². The molecule has 2 aromatic rings. The quantitative estimate of drug-likeness (QED) is 0.880. The number of benzene rings is 1. The van der Waals surface area contributed by atoms with Gasteiger partial charge in [-0.25, -0.2) is 18.5 Å². The van der Waals surface area contributed by atoms with Crippen molar-refractivity contribution in [1.29, 1.82) is 0 Å². The molecule has 0 aliphatic heterocycles. The Morgan fingerprint density at radius 3 is 2.57 bits per heavy atom. The number of hydrogen-bond acceptors (Lipinski definition) is 5. The number of oxazole rings is 1. The van der Waals surface area contributed by atoms with E-state index in [0.717, 1.165) is 11.3 Å². The SMILES string of the molecule is Cc1cnc(C(C)NC(C)c2cccc(S(N)(=O)=O)c2)o1. The maximum atomic E-state index is 11.4. The first-order chi connectivity index (χ1) is 9.77. The molecular formula is C14H19N3O3S. The predicted molar refractivity (Wildman–Crippen MR) is 79.0 cm³/mol. The molecule has 2 rings (SSSR count). The van der Waals surface area contributed by atoms with Crippen LogP contribution in [0.5, 0.6) is 0 Å². The van der Waals surface area contributed by atoms with E-state index in [2.05, 4.69) is 10.3 Å². The van der Waals surface area contributed by atoms with Gasteiger partial charge in [-0.05, 0) is 38.5 Å². The average Bonchev–Trinajstić information content (AvgIpc) is 2.84. The summed E-state index contributed by atoms with van der Waals surface area (Å²) in [4.78, 5) is 4.28. The van der Waals surface area contributed by atoms with Crippen LogP contribution in [0.3, 0.4) is 0 Å². The Balaban J connectivity index is 2.15. The highest BCUT2D eigenvalue weighted by Gasteiger charge is 2.16. The molecule has 0 radical (unpaired) electrons. The second-order valence-electron chi connectivity index (χ2n) is 5.04. The van der Waals surface area contributed by atoms with Crippen LogP contribution in [0.1, 0.15) is 43.1 Å². The third-order valence-electron chi connectivity index (χ3n) is 3.20. The Hall–Kier alpha value is -1.70. The Kier molecular flexibility index (Phi) is 4.46. The van der Waals surface area contributed by atoms with Crippen molar-refractivity contribution in [1.82, 2.24) is 10.3 Å². The molecule has 0 spiro atoms. The second-order valence-corrected chi connectivity index (χ2v) is 6.60. The lowest BCUT2D eigenvalue weighted by atomic mass is 10.1. The maximum Gasteiger partial charge on any atom is 0.238 e. The van der Waals surface area contributed by atoms with Crippen LogP contribution in [-0.2, 0) is 10.0 Å². The van der Waals surface area contributed by atoms with Gasteiger partial charge in [-0.3, -0.25) is 5.32 Å². The number of nitrogens with one attached hydrogen (secondary N) is 1. The summed E-state index contributed by atoms with van der Waals surface area (Å²) in [6, 6.07) is 6.40. The topological polar surface area (TPSA) is 98.2 Å². The van der Waals surface area contributed by atoms with Gasteiger partial charge in [0.05, 0.1) is 17.1 Å². The van der Waals surface area contributed by atoms with Crippen LogP contribution in [0, 0.1) is 6.92 Å². The smallest absolute Gasteiger partial charge is 0.238 e. The monoisotopic (exact) mass is 309 g/mol. The van der Waals surface area contributed by atoms with Gasteiger partial charge in [-0.15, -0.1) is 0 Å². The normalized spacial score (nSPS) is 14.9. The van der Waals surface area contributed by atoms with Crippen molar-refractivity contribution in [3.63, 3.8) is 0 Å². The molecule has 21 heavy (non-hydrogen) atoms. The number of aryl methyl sites for hydroxylation is 1. The Morgan fingerprint density at radius 2 is 2.00 bits per heavy atom. The number of aromatic nitrogens is 1. The fraction of sp³-hybridized carbons (Fsp3) is 0.357. The molecule has 1 aromatic carbocycles. The molecule has 0 amide bonds. The molecule has 1 aromatic heterocycles. The van der Waals surface area contributed by atoms with Gasteiger partial charge in [0.15, 0.2) is 0 Å². The van der Waals surface area contributed by atoms with Crippen LogP contribution in [0.4, 0.5) is 0 Å². The van der Waals surface area contributed by atoms with Gasteiger partial charge in [-0.1, -0.05) is 12.1 Å². The molecule has 0 fully saturated rings. The van der Waals surface area contributed by atoms with Crippen molar-refractivity contribution in [3.05, 3.63) is 47.7 Å². The van der Waals surface area contributed by atoms with Gasteiger partial charge >= 0.3 is 0 Å². The molecule has 6 nitrogen and oxygen atoms in total. The first kappa shape index (κ1) is 15.7. The molecule has 0 aliphatic carbocycles. The summed E-state index contributed by atoms with van der Waals surface area (Å²) in [5, 5.41) is 8.46. The van der Waals surface area contributed by atoms with E-state index in [9.17, 15) is 8.42 Å². The van der Waals surface area contributed by atoms with Gasteiger partial charge in [-0.2, -0.15) is 0 Å². The third-order valence-corrected chi connectivity index (χ3v) is 4.11. The molecule has 0 aliphatic rings. The highest BCUT2D eigenvalue weighted by atomic mass is 32.2. The average molecular weight is 309 g/mol. The predicted octanol–water partition coefficient (Wildman–Crippen LogP) is 2.04. The zero-order chi connectivity index (χ0) is 15.6. The summed E-state index contributed by atoms with van der Waals surface area (Å²) in [7, 11) is -3.69. The van der Waals surface area contributed by atoms with Crippen molar-refractivity contribution < 1.29 is 12.8 Å². The van der Waals surface area contributed by atoms with E-state index in [-0.39, 0.29) is 17.0 Å². The lowest BCUT2D eigenvalue weighted by Gasteiger charge is -2.18. The van der Waals surface area contributed by atoms with Crippen molar-refractivity contribution in [2.24, 2.45) is 5.14 Å². The van der Waals surface area contributed by atoms with Crippen LogP contribution in [0.25, 0.3) is 0 Å². The minimum atomic E-state index is -3.69. The minimum Gasteiger partial charge on any atom is -0.444 e. The van der Waals surface area contributed by atoms with Crippen molar-refractivity contribution in [2.75, 3.05) is 0 Å². The molecule has 2 atom stereocenters. The van der Waals surface area contributed by atoms with Crippen LogP contribution < -0.4 is 10.5 Å². The Labute approximate surface area is 124 Å². The fourth-order valence-corrected chi connectivity index (χ4v) is 2.64. The van der Waals surface area contributed by atoms with Crippen molar-refractivity contribution in [2.45, 2.75) is 37.8 Å². The lowest BCUT2D eigenvalue weighted by molar-refractivity contribution is 0.380. The molecule has 0 saturated carbocycles. The van der Waals surface area contributed by atoms with Gasteiger partial charge in [0.25, 0.3) is 0 Å². The highest BCUT2D eigenvalue weighted by Crippen LogP contribution is 2.21. The molecule has 2 unspecified atom stereocenters. The Morgan fingerprint density at radius 1 is 1.29 bits per heavy atom. The summed E-state index contributed by atoms with van der Waals surface area (Å²) in [6.45, 7) is 5.71. The minimum absolute atomic E-state index is 0.0751. The van der Waals surface area contributed by atoms with Crippen LogP contribution in [0.2, 0.25) is 0 Å². The van der Waals surface area contributed by atoms with Crippen LogP contribution in [0.15, 0.2) is 39.8 Å². The van der Waals surface area contributed by atoms with Crippen molar-refractivity contribution >= 4 is 10.0 Å². The first-order valence-corrected chi connectivity index (χ1v) is 8.13. The van der Waals surface area contributed by atoms with Crippen LogP contribution in [-0.4, -0.2) is 13.4 Å². The number of primary sulfonamides is 1. The lowest BCUT2D eigenvalue weighted by Crippen LogP contribution is -2.23. The molecule has 3 N–H and O–H groups in total. The highest BCUT2D eigenvalue weighted by molar-refractivity contribution is 7.89. The third kappa shape index (κ3) is 3.90. The first-order valence-electron chi connectivity index (χ1n) is 6.58. The van der Waals surface area contributed by atoms with E-state index in [1.165, 1.54) is 6.07 Å². The number of nitrogens with two attached hydrogens (primary N) is 1. The zero-order valence-corrected chi connectivity index (χ0v) is 13.0. The standard InChI is InChI=1S/C14H19N3O3S/c1-9-8-16-14(20-9)11(3)17-10(2)12-5-4-6-13(7-12)21(15,18)19/h4-8,10-11,17H,1-3H3,(H2,15,18,19). The van der Waals surface area contributed by atoms with Gasteiger partial charge < -0.3 is 4.42 Å². The van der Waals surface area contributed by atoms with E-state index in [1.54, 1.807) is 18.3 Å². The van der Waals surface area contributed by atoms with Gasteiger partial charge in [0, 0.05) is 6.04 Å². The number of hydrogen-bond donors (Lipinski definition) is 2. The van der Waals surface area contributed by atoms with E-state index >= 15 is 0 Å². The number of nitrogens with zero attached hydrogens (tertiary/aromatic N) is 1. The summed E-state index contributed by atoms with van der Waals surface area (Å²) in [5.74, 6) is 1.35. The summed E-state index contributed by atoms with van der Waals surface area (Å²) >= 11 is 0. The largest absolute Gasteiger partial charge is 0.444 e. The summed E-state index contributed by atoms with van der Waals surface area (Å²) < 4.78 is 28.2. The van der Waals surface area contributed by atoms with Crippen LogP contribution >= 0.6 is 0 Å². The van der Waals surface area contributed by atoms with E-state index < -0.39 is 10.0 Å². The summed E-state index contributed by atoms with van der Waals surface area (Å²) in [6.07, 6.45) is 1.67. The molecule has 114 valence electrons.